The summed E-state index contributed by atoms with van der Waals surface area (Å²) in [6, 6.07) is 16.9. The summed E-state index contributed by atoms with van der Waals surface area (Å²) in [6.07, 6.45) is 2.99. The lowest BCUT2D eigenvalue weighted by Crippen LogP contribution is -2.37. The van der Waals surface area contributed by atoms with Crippen LogP contribution in [-0.4, -0.2) is 67.8 Å². The number of likely N-dealkylation sites (tertiary alicyclic amines) is 2. The van der Waals surface area contributed by atoms with E-state index in [0.29, 0.717) is 18.4 Å². The van der Waals surface area contributed by atoms with E-state index in [0.717, 1.165) is 65.0 Å². The molecule has 3 atom stereocenters. The first-order chi connectivity index (χ1) is 24.6. The topological polar surface area (TPSA) is 114 Å². The molecule has 52 heavy (non-hydrogen) atoms. The molecule has 2 aromatic carbocycles. The van der Waals surface area contributed by atoms with Crippen LogP contribution < -0.4 is 0 Å². The summed E-state index contributed by atoms with van der Waals surface area (Å²) in [4.78, 5) is 43.1. The molecule has 0 spiro atoms. The number of nitrogens with one attached hydrogen (secondary N) is 1. The highest BCUT2D eigenvalue weighted by Gasteiger charge is 2.38. The minimum atomic E-state index is -0.532. The van der Waals surface area contributed by atoms with E-state index in [1.807, 2.05) is 52.5 Å². The number of nitrogens with zero attached hydrogens (tertiary/aromatic N) is 4. The highest BCUT2D eigenvalue weighted by atomic mass is 32.1. The highest BCUT2D eigenvalue weighted by molar-refractivity contribution is 7.31. The maximum Gasteiger partial charge on any atom is 0.410 e. The van der Waals surface area contributed by atoms with E-state index in [9.17, 15) is 9.59 Å². The molecule has 2 saturated heterocycles. The molecular formula is C40H47N5O5S2. The molecule has 0 aliphatic carbocycles. The third kappa shape index (κ3) is 7.97. The average molecular weight is 742 g/mol. The molecular weight excluding hydrogens is 695 g/mol. The minimum Gasteiger partial charge on any atom is -0.444 e. The second-order valence-corrected chi connectivity index (χ2v) is 18.3. The van der Waals surface area contributed by atoms with Crippen LogP contribution in [-0.2, 0) is 9.47 Å². The monoisotopic (exact) mass is 741 g/mol. The minimum absolute atomic E-state index is 0.118. The number of ether oxygens (including phenoxy) is 2. The number of rotatable bonds is 3. The lowest BCUT2D eigenvalue weighted by Gasteiger charge is -2.27. The van der Waals surface area contributed by atoms with Crippen molar-refractivity contribution in [1.29, 1.82) is 0 Å². The smallest absolute Gasteiger partial charge is 0.410 e. The molecule has 2 aliphatic heterocycles. The Morgan fingerprint density at radius 1 is 0.827 bits per heavy atom. The van der Waals surface area contributed by atoms with Crippen LogP contribution in [0.25, 0.3) is 52.4 Å². The van der Waals surface area contributed by atoms with Gasteiger partial charge in [0, 0.05) is 38.8 Å². The number of aromatic amines is 1. The number of benzene rings is 2. The van der Waals surface area contributed by atoms with Crippen LogP contribution in [0.5, 0.6) is 0 Å². The Kier molecular flexibility index (Phi) is 9.58. The second-order valence-electron chi connectivity index (χ2n) is 16.1. The quantitative estimate of drug-likeness (QED) is 0.192. The Labute approximate surface area is 312 Å². The standard InChI is InChI=1S/C30H28N4O3S2.C10H19NO2/c1-16-9-22(34(14-16)29(35)37-30(2,3)4)28-32-19-7-5-17(10-21(19)33-28)24-12-26-27(38-24)13-25(39-26)18-6-8-20-23(11-18)36-15-31-20;1-8-5-6-11(7-8)9(12)13-10(2,3)4/h5-8,10-13,15-16,22H,9,14H2,1-4H3,(H,32,33);8H,5-7H2,1-4H3/t16-,22-;8-/m00/s1. The highest BCUT2D eigenvalue weighted by Crippen LogP contribution is 2.43. The molecule has 4 aromatic heterocycles. The Morgan fingerprint density at radius 2 is 1.46 bits per heavy atom. The van der Waals surface area contributed by atoms with Crippen LogP contribution in [0, 0.1) is 11.8 Å². The SMILES string of the molecule is C[C@H]1CCN(C(=O)OC(C)(C)C)C1.C[C@H]1C[C@@H](c2nc3ccc(-c4cc5sc(-c6ccc7ncoc7c6)cc5s4)cc3[nH]2)N(C(=O)OC(C)(C)C)C1. The average Bonchev–Trinajstić information content (AvgIpc) is 3.89. The molecule has 0 saturated carbocycles. The number of hydrogen-bond acceptors (Lipinski definition) is 9. The number of carbonyl (C=O) groups is 2. The molecule has 2 aliphatic rings. The predicted octanol–water partition coefficient (Wildman–Crippen LogP) is 10.9. The molecule has 12 heteroatoms. The molecule has 1 N–H and O–H groups in total. The van der Waals surface area contributed by atoms with Crippen molar-refractivity contribution in [2.75, 3.05) is 19.6 Å². The van der Waals surface area contributed by atoms with Crippen molar-refractivity contribution in [3.8, 4) is 20.9 Å². The fraction of sp³-hybridized carbons (Fsp3) is 0.450. The van der Waals surface area contributed by atoms with Gasteiger partial charge in [0.1, 0.15) is 22.5 Å². The first kappa shape index (κ1) is 36.0. The maximum absolute atomic E-state index is 12.9. The van der Waals surface area contributed by atoms with E-state index in [-0.39, 0.29) is 23.8 Å². The molecule has 8 rings (SSSR count). The molecule has 2 fully saturated rings. The van der Waals surface area contributed by atoms with Crippen molar-refractivity contribution in [1.82, 2.24) is 24.8 Å². The lowest BCUT2D eigenvalue weighted by atomic mass is 10.1. The van der Waals surface area contributed by atoms with Gasteiger partial charge in [-0.2, -0.15) is 0 Å². The summed E-state index contributed by atoms with van der Waals surface area (Å²) < 4.78 is 19.0. The zero-order chi connectivity index (χ0) is 36.9. The normalized spacial score (nSPS) is 19.4. The van der Waals surface area contributed by atoms with Gasteiger partial charge >= 0.3 is 12.2 Å². The van der Waals surface area contributed by atoms with Gasteiger partial charge in [0.05, 0.1) is 17.1 Å². The van der Waals surface area contributed by atoms with Gasteiger partial charge in [0.2, 0.25) is 0 Å². The molecule has 6 heterocycles. The number of carbonyl (C=O) groups excluding carboxylic acids is 2. The van der Waals surface area contributed by atoms with Crippen molar-refractivity contribution < 1.29 is 23.5 Å². The van der Waals surface area contributed by atoms with Gasteiger partial charge in [0.15, 0.2) is 12.0 Å². The molecule has 2 amide bonds. The summed E-state index contributed by atoms with van der Waals surface area (Å²) in [5.74, 6) is 1.82. The first-order valence-electron chi connectivity index (χ1n) is 17.9. The molecule has 0 bridgehead atoms. The first-order valence-corrected chi connectivity index (χ1v) is 19.6. The van der Waals surface area contributed by atoms with Crippen molar-refractivity contribution >= 4 is 66.4 Å². The van der Waals surface area contributed by atoms with Crippen LogP contribution >= 0.6 is 22.7 Å². The zero-order valence-electron chi connectivity index (χ0n) is 31.1. The summed E-state index contributed by atoms with van der Waals surface area (Å²) in [5, 5.41) is 0. The van der Waals surface area contributed by atoms with Gasteiger partial charge in [0.25, 0.3) is 0 Å². The van der Waals surface area contributed by atoms with Crippen molar-refractivity contribution in [3.05, 3.63) is 60.7 Å². The van der Waals surface area contributed by atoms with Crippen molar-refractivity contribution in [2.24, 2.45) is 11.8 Å². The number of imidazole rings is 1. The van der Waals surface area contributed by atoms with Crippen LogP contribution in [0.2, 0.25) is 0 Å². The Morgan fingerprint density at radius 3 is 2.10 bits per heavy atom. The predicted molar refractivity (Wildman–Crippen MR) is 209 cm³/mol. The maximum atomic E-state index is 12.9. The fourth-order valence-electron chi connectivity index (χ4n) is 6.72. The number of oxazole rings is 1. The summed E-state index contributed by atoms with van der Waals surface area (Å²) in [6.45, 7) is 18.0. The van der Waals surface area contributed by atoms with Crippen LogP contribution in [0.3, 0.4) is 0 Å². The summed E-state index contributed by atoms with van der Waals surface area (Å²) in [7, 11) is 0. The number of hydrogen-bond donors (Lipinski definition) is 1. The van der Waals surface area contributed by atoms with Gasteiger partial charge < -0.3 is 23.8 Å². The Balaban J connectivity index is 0.000000275. The molecule has 274 valence electrons. The third-order valence-electron chi connectivity index (χ3n) is 9.14. The van der Waals surface area contributed by atoms with Crippen molar-refractivity contribution in [2.45, 2.75) is 85.5 Å². The van der Waals surface area contributed by atoms with E-state index in [2.05, 4.69) is 66.3 Å². The van der Waals surface area contributed by atoms with E-state index in [1.165, 1.54) is 25.5 Å². The largest absolute Gasteiger partial charge is 0.444 e. The molecule has 0 radical (unpaired) electrons. The zero-order valence-corrected chi connectivity index (χ0v) is 32.7. The van der Waals surface area contributed by atoms with Crippen LogP contribution in [0.15, 0.2) is 59.3 Å². The number of thiophene rings is 2. The number of fused-ring (bicyclic) bond motifs is 3. The molecule has 6 aromatic rings. The number of H-pyrrole nitrogens is 1. The number of amides is 2. The van der Waals surface area contributed by atoms with E-state index < -0.39 is 5.60 Å². The number of aromatic nitrogens is 3. The lowest BCUT2D eigenvalue weighted by molar-refractivity contribution is 0.0213. The van der Waals surface area contributed by atoms with Crippen LogP contribution in [0.4, 0.5) is 9.59 Å². The van der Waals surface area contributed by atoms with Gasteiger partial charge in [-0.3, -0.25) is 4.90 Å². The molecule has 10 nitrogen and oxygen atoms in total. The van der Waals surface area contributed by atoms with Gasteiger partial charge in [-0.25, -0.2) is 19.6 Å². The van der Waals surface area contributed by atoms with Gasteiger partial charge in [-0.05, 0) is 114 Å². The van der Waals surface area contributed by atoms with E-state index in [1.54, 1.807) is 27.6 Å². The van der Waals surface area contributed by atoms with Crippen LogP contribution in [0.1, 0.15) is 80.1 Å². The fourth-order valence-corrected chi connectivity index (χ4v) is 9.11. The summed E-state index contributed by atoms with van der Waals surface area (Å²) in [5.41, 5.74) is 4.95. The van der Waals surface area contributed by atoms with Crippen molar-refractivity contribution in [3.63, 3.8) is 0 Å². The van der Waals surface area contributed by atoms with Gasteiger partial charge in [-0.15, -0.1) is 22.7 Å². The summed E-state index contributed by atoms with van der Waals surface area (Å²) >= 11 is 3.58. The van der Waals surface area contributed by atoms with Gasteiger partial charge in [-0.1, -0.05) is 26.0 Å². The van der Waals surface area contributed by atoms with E-state index in [4.69, 9.17) is 18.9 Å². The third-order valence-corrected chi connectivity index (χ3v) is 11.5. The second kappa shape index (κ2) is 13.9. The Bertz CT molecular complexity index is 2200. The van der Waals surface area contributed by atoms with E-state index >= 15 is 0 Å². The Hall–Kier alpha value is -4.42. The molecule has 0 unspecified atom stereocenters.